The third-order valence-electron chi connectivity index (χ3n) is 5.82. The van der Waals surface area contributed by atoms with Gasteiger partial charge < -0.3 is 9.84 Å². The maximum atomic E-state index is 13.5. The molecule has 0 saturated carbocycles. The molecule has 5 nitrogen and oxygen atoms in total. The van der Waals surface area contributed by atoms with Crippen LogP contribution in [0.15, 0.2) is 64.3 Å². The Balaban J connectivity index is 2.21. The number of carbonyl (C=O) groups is 1. The Morgan fingerprint density at radius 2 is 2.00 bits per heavy atom. The van der Waals surface area contributed by atoms with Gasteiger partial charge in [-0.2, -0.15) is 15.0 Å². The maximum absolute atomic E-state index is 13.5. The summed E-state index contributed by atoms with van der Waals surface area (Å²) in [6.45, 7) is 4.12. The van der Waals surface area contributed by atoms with Crippen molar-refractivity contribution in [2.24, 2.45) is 5.41 Å². The highest BCUT2D eigenvalue weighted by atomic mass is 32.3. The number of benzene rings is 2. The lowest BCUT2D eigenvalue weighted by atomic mass is 9.75. The molecule has 0 aliphatic carbocycles. The third kappa shape index (κ3) is 5.09. The Bertz CT molecular complexity index is 993. The molecule has 2 unspecified atom stereocenters. The number of halogens is 1. The minimum atomic E-state index is -3.16. The monoisotopic (exact) mass is 466 g/mol. The molecule has 3 N–H and O–H groups in total. The second-order valence-corrected chi connectivity index (χ2v) is 11.0. The topological polar surface area (TPSA) is 87.0 Å². The number of aliphatic carboxylic acids is 1. The first-order valence-electron chi connectivity index (χ1n) is 9.88. The van der Waals surface area contributed by atoms with Gasteiger partial charge in [0.15, 0.2) is 0 Å². The van der Waals surface area contributed by atoms with E-state index < -0.39 is 22.4 Å². The lowest BCUT2D eigenvalue weighted by Gasteiger charge is -2.39. The fraction of sp³-hybridized carbons (Fsp3) is 0.348. The van der Waals surface area contributed by atoms with E-state index in [9.17, 15) is 18.3 Å². The summed E-state index contributed by atoms with van der Waals surface area (Å²) >= 11 is 1.36. The molecule has 0 spiro atoms. The van der Waals surface area contributed by atoms with Crippen LogP contribution in [0.5, 0.6) is 5.75 Å². The lowest BCUT2D eigenvalue weighted by molar-refractivity contribution is -0.134. The molecule has 8 heteroatoms. The van der Waals surface area contributed by atoms with E-state index in [4.69, 9.17) is 9.84 Å². The van der Waals surface area contributed by atoms with Gasteiger partial charge in [-0.3, -0.25) is 9.11 Å². The summed E-state index contributed by atoms with van der Waals surface area (Å²) in [6, 6.07) is 13.3. The number of carboxylic acid groups (broad SMARTS) is 1. The molecular weight excluding hydrogens is 439 g/mol. The number of ether oxygens (including phenoxy) is 1. The van der Waals surface area contributed by atoms with Gasteiger partial charge >= 0.3 is 5.97 Å². The largest absolute Gasteiger partial charge is 0.476 e. The molecule has 0 fully saturated rings. The van der Waals surface area contributed by atoms with Crippen LogP contribution in [-0.2, 0) is 4.79 Å². The van der Waals surface area contributed by atoms with Crippen molar-refractivity contribution in [1.29, 1.82) is 0 Å². The molecule has 3 rings (SSSR count). The summed E-state index contributed by atoms with van der Waals surface area (Å²) < 4.78 is 41.2. The SMILES string of the molecule is CCC1(C)CC(c2ccccc2)c2cc(SC)c(O/C=C(\F)C(=O)O)cc2S(O)(O)C1. The normalized spacial score (nSPS) is 24.1. The average Bonchev–Trinajstić information content (AvgIpc) is 2.83. The van der Waals surface area contributed by atoms with E-state index in [1.165, 1.54) is 17.8 Å². The van der Waals surface area contributed by atoms with Crippen LogP contribution in [0.3, 0.4) is 0 Å². The molecule has 0 radical (unpaired) electrons. The first-order chi connectivity index (χ1) is 14.6. The second kappa shape index (κ2) is 9.24. The Morgan fingerprint density at radius 1 is 1.32 bits per heavy atom. The van der Waals surface area contributed by atoms with Crippen molar-refractivity contribution in [3.05, 3.63) is 65.7 Å². The van der Waals surface area contributed by atoms with Gasteiger partial charge in [0, 0.05) is 17.7 Å². The Morgan fingerprint density at radius 3 is 2.58 bits per heavy atom. The van der Waals surface area contributed by atoms with E-state index in [1.54, 1.807) is 0 Å². The Labute approximate surface area is 187 Å². The lowest BCUT2D eigenvalue weighted by Crippen LogP contribution is -2.24. The molecular formula is C23H27FO5S2. The quantitative estimate of drug-likeness (QED) is 0.248. The molecule has 1 aliphatic rings. The highest BCUT2D eigenvalue weighted by molar-refractivity contribution is 8.24. The predicted octanol–water partition coefficient (Wildman–Crippen LogP) is 6.74. The molecule has 0 amide bonds. The van der Waals surface area contributed by atoms with E-state index in [1.807, 2.05) is 42.7 Å². The molecule has 168 valence electrons. The minimum Gasteiger partial charge on any atom is -0.476 e. The van der Waals surface area contributed by atoms with Crippen molar-refractivity contribution < 1.29 is 28.1 Å². The molecule has 0 bridgehead atoms. The summed E-state index contributed by atoms with van der Waals surface area (Å²) in [5.74, 6) is -2.82. The van der Waals surface area contributed by atoms with Gasteiger partial charge in [0.05, 0.1) is 9.79 Å². The maximum Gasteiger partial charge on any atom is 0.368 e. The third-order valence-corrected chi connectivity index (χ3v) is 8.74. The molecule has 2 aromatic carbocycles. The van der Waals surface area contributed by atoms with Crippen molar-refractivity contribution in [1.82, 2.24) is 0 Å². The fourth-order valence-corrected chi connectivity index (χ4v) is 6.86. The standard InChI is InChI=1S/C23H27FO5S2/c1-4-23(2)12-17(15-8-6-5-7-9-15)16-10-20(30-3)19(29-13-18(24)22(25)26)11-21(16)31(27,28)14-23/h5-11,13,17,27-28H,4,12,14H2,1-3H3,(H,25,26)/b18-13-. The van der Waals surface area contributed by atoms with Crippen LogP contribution >= 0.6 is 22.4 Å². The van der Waals surface area contributed by atoms with Crippen LogP contribution < -0.4 is 4.74 Å². The summed E-state index contributed by atoms with van der Waals surface area (Å²) in [7, 11) is -3.16. The van der Waals surface area contributed by atoms with Gasteiger partial charge in [-0.1, -0.05) is 44.2 Å². The van der Waals surface area contributed by atoms with Gasteiger partial charge in [-0.25, -0.2) is 4.79 Å². The summed E-state index contributed by atoms with van der Waals surface area (Å²) in [5.41, 5.74) is 1.59. The number of carboxylic acids is 1. The molecule has 2 aromatic rings. The number of hydrogen-bond donors (Lipinski definition) is 3. The van der Waals surface area contributed by atoms with Gasteiger partial charge in [-0.05, 0) is 41.7 Å². The van der Waals surface area contributed by atoms with E-state index >= 15 is 0 Å². The van der Waals surface area contributed by atoms with E-state index in [0.29, 0.717) is 16.1 Å². The zero-order chi connectivity index (χ0) is 22.8. The van der Waals surface area contributed by atoms with Crippen LogP contribution in [0.25, 0.3) is 0 Å². The molecule has 1 aliphatic heterocycles. The fourth-order valence-electron chi connectivity index (χ4n) is 3.98. The van der Waals surface area contributed by atoms with Crippen molar-refractivity contribution in [2.45, 2.75) is 42.4 Å². The van der Waals surface area contributed by atoms with Gasteiger partial charge in [-0.15, -0.1) is 11.8 Å². The smallest absolute Gasteiger partial charge is 0.368 e. The summed E-state index contributed by atoms with van der Waals surface area (Å²) in [5, 5.41) is 8.74. The summed E-state index contributed by atoms with van der Waals surface area (Å²) in [6.07, 6.45) is 3.88. The highest BCUT2D eigenvalue weighted by Crippen LogP contribution is 2.62. The van der Waals surface area contributed by atoms with Crippen molar-refractivity contribution in [3.63, 3.8) is 0 Å². The summed E-state index contributed by atoms with van der Waals surface area (Å²) in [4.78, 5) is 11.8. The van der Waals surface area contributed by atoms with Crippen molar-refractivity contribution in [2.75, 3.05) is 12.0 Å². The predicted molar refractivity (Wildman–Crippen MR) is 123 cm³/mol. The first kappa shape index (κ1) is 23.7. The van der Waals surface area contributed by atoms with E-state index in [2.05, 4.69) is 13.8 Å². The van der Waals surface area contributed by atoms with E-state index in [0.717, 1.165) is 24.0 Å². The van der Waals surface area contributed by atoms with Crippen LogP contribution in [0.4, 0.5) is 4.39 Å². The molecule has 1 heterocycles. The minimum absolute atomic E-state index is 0.0546. The molecule has 0 aromatic heterocycles. The van der Waals surface area contributed by atoms with Crippen molar-refractivity contribution in [3.8, 4) is 5.75 Å². The number of fused-ring (bicyclic) bond motifs is 1. The number of hydrogen-bond acceptors (Lipinski definition) is 5. The zero-order valence-corrected chi connectivity index (χ0v) is 19.3. The van der Waals surface area contributed by atoms with Crippen LogP contribution in [0, 0.1) is 5.41 Å². The van der Waals surface area contributed by atoms with E-state index in [-0.39, 0.29) is 22.8 Å². The second-order valence-electron chi connectivity index (χ2n) is 8.07. The molecule has 0 saturated heterocycles. The van der Waals surface area contributed by atoms with Crippen LogP contribution in [-0.4, -0.2) is 32.2 Å². The van der Waals surface area contributed by atoms with Crippen LogP contribution in [0.1, 0.15) is 43.7 Å². The Kier molecular flexibility index (Phi) is 7.05. The average molecular weight is 467 g/mol. The van der Waals surface area contributed by atoms with Gasteiger partial charge in [0.1, 0.15) is 12.0 Å². The highest BCUT2D eigenvalue weighted by Gasteiger charge is 2.40. The van der Waals surface area contributed by atoms with Gasteiger partial charge in [0.2, 0.25) is 5.83 Å². The number of rotatable bonds is 6. The first-order valence-corrected chi connectivity index (χ1v) is 12.8. The van der Waals surface area contributed by atoms with Crippen molar-refractivity contribution >= 4 is 28.3 Å². The molecule has 2 atom stereocenters. The van der Waals surface area contributed by atoms with Crippen LogP contribution in [0.2, 0.25) is 0 Å². The Hall–Kier alpha value is -2.00. The van der Waals surface area contributed by atoms with Gasteiger partial charge in [0.25, 0.3) is 0 Å². The number of thioether (sulfide) groups is 1. The molecule has 31 heavy (non-hydrogen) atoms. The zero-order valence-electron chi connectivity index (χ0n) is 17.7.